The van der Waals surface area contributed by atoms with E-state index in [4.69, 9.17) is 14.4 Å². The molecule has 1 aromatic heterocycles. The van der Waals surface area contributed by atoms with E-state index in [2.05, 4.69) is 12.2 Å². The summed E-state index contributed by atoms with van der Waals surface area (Å²) in [4.78, 5) is 12.3. The predicted octanol–water partition coefficient (Wildman–Crippen LogP) is 4.94. The van der Waals surface area contributed by atoms with Crippen molar-refractivity contribution in [2.45, 2.75) is 26.4 Å². The summed E-state index contributed by atoms with van der Waals surface area (Å²) in [6.45, 7) is 2.38. The molecule has 0 spiro atoms. The zero-order chi connectivity index (χ0) is 19.1. The Morgan fingerprint density at radius 2 is 1.89 bits per heavy atom. The third-order valence-electron chi connectivity index (χ3n) is 4.02. The van der Waals surface area contributed by atoms with Gasteiger partial charge in [-0.2, -0.15) is 5.26 Å². The largest absolute Gasteiger partial charge is 0.486 e. The van der Waals surface area contributed by atoms with Gasteiger partial charge in [-0.3, -0.25) is 4.79 Å². The number of furan rings is 1. The molecule has 0 radical (unpaired) electrons. The normalized spacial score (nSPS) is 10.2. The lowest BCUT2D eigenvalue weighted by molar-refractivity contribution is 0.0992. The van der Waals surface area contributed by atoms with Gasteiger partial charge in [-0.15, -0.1) is 0 Å². The first kappa shape index (κ1) is 18.3. The molecule has 0 aliphatic heterocycles. The second kappa shape index (κ2) is 8.72. The van der Waals surface area contributed by atoms with Crippen LogP contribution in [0, 0.1) is 11.3 Å². The zero-order valence-electron chi connectivity index (χ0n) is 15.1. The fourth-order valence-electron chi connectivity index (χ4n) is 2.65. The number of hydrogen-bond acceptors (Lipinski definition) is 4. The van der Waals surface area contributed by atoms with Gasteiger partial charge in [-0.1, -0.05) is 37.6 Å². The molecule has 27 heavy (non-hydrogen) atoms. The van der Waals surface area contributed by atoms with Crippen LogP contribution in [0.1, 0.15) is 40.8 Å². The summed E-state index contributed by atoms with van der Waals surface area (Å²) in [6, 6.07) is 20.1. The molecule has 0 saturated heterocycles. The lowest BCUT2D eigenvalue weighted by atomic mass is 10.1. The number of nitriles is 1. The van der Waals surface area contributed by atoms with Crippen molar-refractivity contribution in [3.05, 3.63) is 83.3 Å². The summed E-state index contributed by atoms with van der Waals surface area (Å²) in [5.74, 6) is 1.05. The fourth-order valence-corrected chi connectivity index (χ4v) is 2.65. The average Bonchev–Trinajstić information content (AvgIpc) is 3.17. The average molecular weight is 360 g/mol. The maximum atomic E-state index is 12.3. The van der Waals surface area contributed by atoms with Gasteiger partial charge in [-0.25, -0.2) is 0 Å². The van der Waals surface area contributed by atoms with E-state index in [1.165, 1.54) is 5.56 Å². The number of nitrogens with one attached hydrogen (secondary N) is 1. The number of benzene rings is 2. The van der Waals surface area contributed by atoms with E-state index < -0.39 is 5.91 Å². The Labute approximate surface area is 158 Å². The number of ether oxygens (including phenoxy) is 1. The van der Waals surface area contributed by atoms with Crippen LogP contribution >= 0.6 is 0 Å². The van der Waals surface area contributed by atoms with Crippen molar-refractivity contribution in [1.82, 2.24) is 0 Å². The molecule has 0 aliphatic rings. The van der Waals surface area contributed by atoms with Crippen LogP contribution in [-0.2, 0) is 13.0 Å². The summed E-state index contributed by atoms with van der Waals surface area (Å²) in [6.07, 6.45) is 2.15. The highest BCUT2D eigenvalue weighted by Gasteiger charge is 2.13. The molecule has 0 aliphatic carbocycles. The van der Waals surface area contributed by atoms with Gasteiger partial charge in [0.05, 0.1) is 11.3 Å². The van der Waals surface area contributed by atoms with Crippen molar-refractivity contribution >= 4 is 11.6 Å². The van der Waals surface area contributed by atoms with Crippen molar-refractivity contribution in [2.75, 3.05) is 5.32 Å². The Balaban J connectivity index is 1.59. The summed E-state index contributed by atoms with van der Waals surface area (Å²) in [5, 5.41) is 11.8. The second-order valence-corrected chi connectivity index (χ2v) is 6.06. The number of para-hydroxylation sites is 1. The van der Waals surface area contributed by atoms with Crippen molar-refractivity contribution in [2.24, 2.45) is 0 Å². The van der Waals surface area contributed by atoms with Gasteiger partial charge in [-0.05, 0) is 48.4 Å². The molecule has 5 heteroatoms. The number of hydrogen-bond donors (Lipinski definition) is 1. The van der Waals surface area contributed by atoms with Crippen LogP contribution in [0.5, 0.6) is 5.75 Å². The van der Waals surface area contributed by atoms with Crippen LogP contribution in [0.25, 0.3) is 0 Å². The molecular formula is C22H20N2O3. The standard InChI is InChI=1S/C22H20N2O3/c1-2-5-16-8-10-18(11-9-16)26-15-19-12-13-21(27-19)22(25)24-20-7-4-3-6-17(20)14-23/h3-4,6-13H,2,5,15H2,1H3,(H,24,25). The molecule has 1 N–H and O–H groups in total. The minimum atomic E-state index is -0.409. The molecule has 5 nitrogen and oxygen atoms in total. The molecule has 0 atom stereocenters. The van der Waals surface area contributed by atoms with Crippen LogP contribution in [-0.4, -0.2) is 5.91 Å². The van der Waals surface area contributed by atoms with Crippen LogP contribution in [0.15, 0.2) is 65.1 Å². The molecule has 2 aromatic carbocycles. The Morgan fingerprint density at radius 3 is 2.63 bits per heavy atom. The highest BCUT2D eigenvalue weighted by molar-refractivity contribution is 6.03. The Kier molecular flexibility index (Phi) is 5.91. The molecule has 3 aromatic rings. The summed E-state index contributed by atoms with van der Waals surface area (Å²) < 4.78 is 11.3. The Hall–Kier alpha value is -3.52. The lowest BCUT2D eigenvalue weighted by Crippen LogP contribution is -2.11. The number of anilines is 1. The topological polar surface area (TPSA) is 75.3 Å². The molecular weight excluding hydrogens is 340 g/mol. The zero-order valence-corrected chi connectivity index (χ0v) is 15.1. The Bertz CT molecular complexity index is 952. The van der Waals surface area contributed by atoms with Gasteiger partial charge in [0.25, 0.3) is 5.91 Å². The van der Waals surface area contributed by atoms with Gasteiger partial charge < -0.3 is 14.5 Å². The number of amides is 1. The van der Waals surface area contributed by atoms with Crippen molar-refractivity contribution in [1.29, 1.82) is 5.26 Å². The third kappa shape index (κ3) is 4.77. The highest BCUT2D eigenvalue weighted by Crippen LogP contribution is 2.18. The number of nitrogens with zero attached hydrogens (tertiary/aromatic N) is 1. The number of carbonyl (C=O) groups excluding carboxylic acids is 1. The van der Waals surface area contributed by atoms with E-state index in [1.807, 2.05) is 30.3 Å². The molecule has 3 rings (SSSR count). The monoisotopic (exact) mass is 360 g/mol. The van der Waals surface area contributed by atoms with E-state index in [0.717, 1.165) is 18.6 Å². The molecule has 136 valence electrons. The molecule has 0 bridgehead atoms. The molecule has 1 amide bonds. The minimum Gasteiger partial charge on any atom is -0.486 e. The maximum Gasteiger partial charge on any atom is 0.291 e. The lowest BCUT2D eigenvalue weighted by Gasteiger charge is -2.06. The van der Waals surface area contributed by atoms with E-state index in [0.29, 0.717) is 17.0 Å². The number of aryl methyl sites for hydroxylation is 1. The van der Waals surface area contributed by atoms with E-state index >= 15 is 0 Å². The van der Waals surface area contributed by atoms with Gasteiger partial charge in [0.1, 0.15) is 24.2 Å². The SMILES string of the molecule is CCCc1ccc(OCc2ccc(C(=O)Nc3ccccc3C#N)o2)cc1. The fraction of sp³-hybridized carbons (Fsp3) is 0.182. The van der Waals surface area contributed by atoms with Crippen LogP contribution in [0.3, 0.4) is 0 Å². The first-order chi connectivity index (χ1) is 13.2. The van der Waals surface area contributed by atoms with Gasteiger partial charge in [0, 0.05) is 0 Å². The first-order valence-corrected chi connectivity index (χ1v) is 8.80. The van der Waals surface area contributed by atoms with E-state index in [1.54, 1.807) is 36.4 Å². The summed E-state index contributed by atoms with van der Waals surface area (Å²) in [5.41, 5.74) is 2.12. The number of rotatable bonds is 7. The van der Waals surface area contributed by atoms with E-state index in [9.17, 15) is 4.79 Å². The maximum absolute atomic E-state index is 12.3. The van der Waals surface area contributed by atoms with Crippen molar-refractivity contribution in [3.63, 3.8) is 0 Å². The van der Waals surface area contributed by atoms with Crippen LogP contribution < -0.4 is 10.1 Å². The van der Waals surface area contributed by atoms with Crippen molar-refractivity contribution in [3.8, 4) is 11.8 Å². The Morgan fingerprint density at radius 1 is 1.11 bits per heavy atom. The second-order valence-electron chi connectivity index (χ2n) is 6.06. The number of carbonyl (C=O) groups is 1. The van der Waals surface area contributed by atoms with Crippen LogP contribution in [0.4, 0.5) is 5.69 Å². The minimum absolute atomic E-state index is 0.166. The summed E-state index contributed by atoms with van der Waals surface area (Å²) >= 11 is 0. The third-order valence-corrected chi connectivity index (χ3v) is 4.02. The molecule has 0 saturated carbocycles. The smallest absolute Gasteiger partial charge is 0.291 e. The first-order valence-electron chi connectivity index (χ1n) is 8.80. The molecule has 0 fully saturated rings. The van der Waals surface area contributed by atoms with Gasteiger partial charge >= 0.3 is 0 Å². The molecule has 1 heterocycles. The summed E-state index contributed by atoms with van der Waals surface area (Å²) in [7, 11) is 0. The van der Waals surface area contributed by atoms with E-state index in [-0.39, 0.29) is 12.4 Å². The van der Waals surface area contributed by atoms with Crippen molar-refractivity contribution < 1.29 is 13.9 Å². The van der Waals surface area contributed by atoms with Crippen LogP contribution in [0.2, 0.25) is 0 Å². The quantitative estimate of drug-likeness (QED) is 0.648. The highest BCUT2D eigenvalue weighted by atomic mass is 16.5. The van der Waals surface area contributed by atoms with Gasteiger partial charge in [0.15, 0.2) is 5.76 Å². The van der Waals surface area contributed by atoms with Gasteiger partial charge in [0.2, 0.25) is 0 Å². The molecule has 0 unspecified atom stereocenters. The predicted molar refractivity (Wildman–Crippen MR) is 103 cm³/mol.